The van der Waals surface area contributed by atoms with Crippen molar-refractivity contribution in [2.24, 2.45) is 0 Å². The lowest BCUT2D eigenvalue weighted by molar-refractivity contribution is -0.139. The van der Waals surface area contributed by atoms with Crippen LogP contribution in [-0.4, -0.2) is 93.1 Å². The van der Waals surface area contributed by atoms with Crippen LogP contribution in [0, 0.1) is 0 Å². The number of carboxylic acid groups (broad SMARTS) is 1. The molecule has 2 saturated heterocycles. The Morgan fingerprint density at radius 1 is 1.15 bits per heavy atom. The molecule has 260 valence electrons. The molecule has 4 heterocycles. The molecule has 0 bridgehead atoms. The molecule has 2 aliphatic heterocycles. The molecule has 3 aromatic rings. The molecule has 0 radical (unpaired) electrons. The Bertz CT molecular complexity index is 1570. The topological polar surface area (TPSA) is 124 Å². The summed E-state index contributed by atoms with van der Waals surface area (Å²) in [6.07, 6.45) is 2.05. The van der Waals surface area contributed by atoms with E-state index in [4.69, 9.17) is 9.84 Å². The molecular weight excluding hydrogens is 647 g/mol. The number of anilines is 2. The first-order valence-corrected chi connectivity index (χ1v) is 17.2. The maximum absolute atomic E-state index is 14.1. The van der Waals surface area contributed by atoms with Crippen LogP contribution >= 0.6 is 11.3 Å². The third kappa shape index (κ3) is 8.60. The van der Waals surface area contributed by atoms with E-state index in [1.165, 1.54) is 29.8 Å². The second-order valence-electron chi connectivity index (χ2n) is 12.2. The zero-order valence-corrected chi connectivity index (χ0v) is 28.2. The molecule has 2 fully saturated rings. The predicted molar refractivity (Wildman–Crippen MR) is 178 cm³/mol. The number of ether oxygens (including phenoxy) is 1. The van der Waals surface area contributed by atoms with Crippen molar-refractivity contribution < 1.29 is 32.6 Å². The zero-order valence-electron chi connectivity index (χ0n) is 27.4. The summed E-state index contributed by atoms with van der Waals surface area (Å²) in [5.41, 5.74) is -0.0990. The van der Waals surface area contributed by atoms with E-state index in [0.29, 0.717) is 62.3 Å². The van der Waals surface area contributed by atoms with Crippen LogP contribution in [0.25, 0.3) is 11.3 Å². The molecule has 0 spiro atoms. The lowest BCUT2D eigenvalue weighted by Crippen LogP contribution is -2.52. The summed E-state index contributed by atoms with van der Waals surface area (Å²) in [7, 11) is 0. The Labute approximate surface area is 282 Å². The number of halogens is 3. The second kappa shape index (κ2) is 15.6. The van der Waals surface area contributed by atoms with Gasteiger partial charge in [0.15, 0.2) is 5.13 Å². The average Bonchev–Trinajstić information content (AvgIpc) is 3.68. The van der Waals surface area contributed by atoms with Crippen LogP contribution in [0.3, 0.4) is 0 Å². The quantitative estimate of drug-likeness (QED) is 0.220. The van der Waals surface area contributed by atoms with Crippen molar-refractivity contribution in [1.82, 2.24) is 24.8 Å². The summed E-state index contributed by atoms with van der Waals surface area (Å²) < 4.78 is 47.7. The highest BCUT2D eigenvalue weighted by atomic mass is 32.1. The fraction of sp³-hybridized carbons (Fsp3) is 0.545. The molecule has 0 aliphatic carbocycles. The Hall–Kier alpha value is -3.82. The van der Waals surface area contributed by atoms with Crippen molar-refractivity contribution in [3.63, 3.8) is 0 Å². The molecule has 2 atom stereocenters. The minimum Gasteiger partial charge on any atom is -0.493 e. The molecule has 1 aromatic carbocycles. The molecule has 0 saturated carbocycles. The van der Waals surface area contributed by atoms with Crippen molar-refractivity contribution in [2.75, 3.05) is 49.5 Å². The predicted octanol–water partition coefficient (Wildman–Crippen LogP) is 6.02. The highest BCUT2D eigenvalue weighted by Gasteiger charge is 2.35. The van der Waals surface area contributed by atoms with E-state index in [0.717, 1.165) is 36.8 Å². The van der Waals surface area contributed by atoms with Crippen molar-refractivity contribution in [2.45, 2.75) is 77.7 Å². The van der Waals surface area contributed by atoms with E-state index in [9.17, 15) is 22.8 Å². The number of carbonyl (C=O) groups is 2. The van der Waals surface area contributed by atoms with Gasteiger partial charge in [0, 0.05) is 55.2 Å². The SMILES string of the molecule is CCCOc1ccc(-c2nc(NC(=O)c3cnc(N4CCN(CCC(=O)O)C[C@H]4C)cn3)sc2CN2CCC[C@H]2CC)cc1C(F)(F)F. The number of carboxylic acids is 1. The van der Waals surface area contributed by atoms with E-state index in [-0.39, 0.29) is 35.6 Å². The number of alkyl halides is 3. The van der Waals surface area contributed by atoms with Gasteiger partial charge in [-0.3, -0.25) is 24.7 Å². The van der Waals surface area contributed by atoms with Crippen LogP contribution in [0.4, 0.5) is 24.1 Å². The van der Waals surface area contributed by atoms with Gasteiger partial charge in [-0.2, -0.15) is 13.2 Å². The number of benzene rings is 1. The van der Waals surface area contributed by atoms with Gasteiger partial charge < -0.3 is 14.7 Å². The van der Waals surface area contributed by atoms with Gasteiger partial charge in [0.2, 0.25) is 0 Å². The third-order valence-electron chi connectivity index (χ3n) is 8.77. The van der Waals surface area contributed by atoms with Crippen molar-refractivity contribution in [3.05, 3.63) is 46.7 Å². The summed E-state index contributed by atoms with van der Waals surface area (Å²) in [4.78, 5) is 44.9. The summed E-state index contributed by atoms with van der Waals surface area (Å²) in [5.74, 6) is -0.965. The number of hydrogen-bond acceptors (Lipinski definition) is 10. The van der Waals surface area contributed by atoms with Crippen LogP contribution in [0.1, 0.15) is 73.8 Å². The summed E-state index contributed by atoms with van der Waals surface area (Å²) in [5, 5.41) is 12.0. The minimum atomic E-state index is -4.62. The van der Waals surface area contributed by atoms with Gasteiger partial charge in [-0.05, 0) is 57.4 Å². The Balaban J connectivity index is 1.35. The van der Waals surface area contributed by atoms with Crippen LogP contribution < -0.4 is 15.0 Å². The van der Waals surface area contributed by atoms with Crippen LogP contribution in [0.15, 0.2) is 30.6 Å². The van der Waals surface area contributed by atoms with E-state index < -0.39 is 23.6 Å². The first-order chi connectivity index (χ1) is 23.0. The van der Waals surface area contributed by atoms with Gasteiger partial charge >= 0.3 is 12.1 Å². The number of carbonyl (C=O) groups excluding carboxylic acids is 1. The van der Waals surface area contributed by atoms with Crippen LogP contribution in [0.5, 0.6) is 5.75 Å². The van der Waals surface area contributed by atoms with Gasteiger partial charge in [-0.1, -0.05) is 25.2 Å². The van der Waals surface area contributed by atoms with E-state index in [2.05, 4.69) is 41.9 Å². The normalized spacial score (nSPS) is 19.1. The standard InChI is InChI=1S/C33H42F3N7O4S/c1-4-15-47-26-9-8-22(16-24(26)33(34,35)36)30-27(20-42-11-6-7-23(42)5-2)48-32(39-30)40-31(46)25-17-38-28(18-37-25)43-14-13-41(19-21(43)3)12-10-29(44)45/h8-9,16-18,21,23H,4-7,10-15,19-20H2,1-3H3,(H,44,45)(H,39,40,46)/t21-,23-/m1/s1. The molecule has 48 heavy (non-hydrogen) atoms. The monoisotopic (exact) mass is 689 g/mol. The molecule has 0 unspecified atom stereocenters. The molecule has 1 amide bonds. The van der Waals surface area contributed by atoms with E-state index >= 15 is 0 Å². The fourth-order valence-corrected chi connectivity index (χ4v) is 7.31. The van der Waals surface area contributed by atoms with Crippen molar-refractivity contribution >= 4 is 34.2 Å². The molecule has 2 aromatic heterocycles. The third-order valence-corrected chi connectivity index (χ3v) is 9.73. The fourth-order valence-electron chi connectivity index (χ4n) is 6.30. The lowest BCUT2D eigenvalue weighted by Gasteiger charge is -2.40. The summed E-state index contributed by atoms with van der Waals surface area (Å²) >= 11 is 1.25. The number of nitrogens with one attached hydrogen (secondary N) is 1. The lowest BCUT2D eigenvalue weighted by atomic mass is 10.1. The zero-order chi connectivity index (χ0) is 34.4. The number of piperazine rings is 1. The first kappa shape index (κ1) is 35.5. The van der Waals surface area contributed by atoms with Gasteiger partial charge in [0.05, 0.1) is 36.7 Å². The number of aliphatic carboxylic acids is 1. The van der Waals surface area contributed by atoms with E-state index in [1.54, 1.807) is 6.07 Å². The van der Waals surface area contributed by atoms with Gasteiger partial charge in [-0.25, -0.2) is 15.0 Å². The number of aromatic nitrogens is 3. The van der Waals surface area contributed by atoms with Gasteiger partial charge in [0.25, 0.3) is 5.91 Å². The maximum Gasteiger partial charge on any atom is 0.419 e. The van der Waals surface area contributed by atoms with Crippen LogP contribution in [-0.2, 0) is 17.5 Å². The Morgan fingerprint density at radius 2 is 1.96 bits per heavy atom. The molecule has 2 aliphatic rings. The molecule has 15 heteroatoms. The van der Waals surface area contributed by atoms with Gasteiger partial charge in [0.1, 0.15) is 17.3 Å². The van der Waals surface area contributed by atoms with Crippen molar-refractivity contribution in [1.29, 1.82) is 0 Å². The summed E-state index contributed by atoms with van der Waals surface area (Å²) in [6.45, 7) is 10.0. The number of amides is 1. The number of rotatable bonds is 13. The first-order valence-electron chi connectivity index (χ1n) is 16.4. The highest BCUT2D eigenvalue weighted by Crippen LogP contribution is 2.41. The molecule has 11 nitrogen and oxygen atoms in total. The highest BCUT2D eigenvalue weighted by molar-refractivity contribution is 7.16. The number of thiazole rings is 1. The molecular formula is C33H42F3N7O4S. The van der Waals surface area contributed by atoms with Crippen LogP contribution in [0.2, 0.25) is 0 Å². The summed E-state index contributed by atoms with van der Waals surface area (Å²) in [6, 6.07) is 4.45. The average molecular weight is 690 g/mol. The smallest absolute Gasteiger partial charge is 0.419 e. The number of hydrogen-bond donors (Lipinski definition) is 2. The van der Waals surface area contributed by atoms with E-state index in [1.807, 2.05) is 13.8 Å². The largest absolute Gasteiger partial charge is 0.493 e. The second-order valence-corrected chi connectivity index (χ2v) is 13.3. The number of nitrogens with zero attached hydrogens (tertiary/aromatic N) is 6. The number of likely N-dealkylation sites (tertiary alicyclic amines) is 1. The minimum absolute atomic E-state index is 0.0710. The maximum atomic E-state index is 14.1. The van der Waals surface area contributed by atoms with Gasteiger partial charge in [-0.15, -0.1) is 0 Å². The Morgan fingerprint density at radius 3 is 2.62 bits per heavy atom. The molecule has 2 N–H and O–H groups in total. The molecule has 5 rings (SSSR count). The Kier molecular flexibility index (Phi) is 11.5. The van der Waals surface area contributed by atoms with Crippen molar-refractivity contribution in [3.8, 4) is 17.0 Å².